The maximum Gasteiger partial charge on any atom is 0.223 e. The molecule has 1 aliphatic heterocycles. The van der Waals surface area contributed by atoms with E-state index in [0.29, 0.717) is 31.0 Å². The lowest BCUT2D eigenvalue weighted by Gasteiger charge is -2.17. The first-order chi connectivity index (χ1) is 9.17. The maximum atomic E-state index is 11.8. The normalized spacial score (nSPS) is 18.8. The van der Waals surface area contributed by atoms with Gasteiger partial charge in [-0.25, -0.2) is 0 Å². The van der Waals surface area contributed by atoms with Gasteiger partial charge in [-0.15, -0.1) is 0 Å². The Hall–Kier alpha value is -1.75. The third-order valence-electron chi connectivity index (χ3n) is 3.37. The summed E-state index contributed by atoms with van der Waals surface area (Å²) >= 11 is 0. The number of carbonyl (C=O) groups is 1. The fourth-order valence-corrected chi connectivity index (χ4v) is 2.33. The van der Waals surface area contributed by atoms with Crippen molar-refractivity contribution in [1.29, 1.82) is 0 Å². The van der Waals surface area contributed by atoms with Crippen molar-refractivity contribution in [3.8, 4) is 11.5 Å². The molecule has 1 amide bonds. The first-order valence-corrected chi connectivity index (χ1v) is 6.27. The number of aliphatic hydroxyl groups is 1. The number of hydrogen-bond acceptors (Lipinski definition) is 4. The topological polar surface area (TPSA) is 59.0 Å². The van der Waals surface area contributed by atoms with Gasteiger partial charge in [-0.3, -0.25) is 4.79 Å². The molecule has 1 atom stereocenters. The number of methoxy groups -OCH3 is 2. The van der Waals surface area contributed by atoms with Crippen LogP contribution in [0.5, 0.6) is 11.5 Å². The number of hydrogen-bond donors (Lipinski definition) is 1. The highest BCUT2D eigenvalue weighted by molar-refractivity contribution is 5.78. The molecule has 0 spiro atoms. The number of rotatable bonds is 5. The molecule has 1 aromatic rings. The van der Waals surface area contributed by atoms with Crippen LogP contribution < -0.4 is 9.47 Å². The van der Waals surface area contributed by atoms with Gasteiger partial charge < -0.3 is 19.5 Å². The summed E-state index contributed by atoms with van der Waals surface area (Å²) in [5.74, 6) is 1.49. The first kappa shape index (κ1) is 13.7. The molecule has 0 radical (unpaired) electrons. The van der Waals surface area contributed by atoms with Crippen molar-refractivity contribution in [3.05, 3.63) is 23.8 Å². The largest absolute Gasteiger partial charge is 0.493 e. The average Bonchev–Trinajstić information content (AvgIpc) is 2.79. The van der Waals surface area contributed by atoms with Crippen LogP contribution in [0.2, 0.25) is 0 Å². The van der Waals surface area contributed by atoms with Crippen molar-refractivity contribution >= 4 is 5.91 Å². The summed E-state index contributed by atoms with van der Waals surface area (Å²) in [6.07, 6.45) is 0.434. The molecule has 2 rings (SSSR count). The standard InChI is InChI=1S/C14H19NO4/c1-18-12-4-3-10(5-13(12)19-2)7-15-8-11(9-16)6-14(15)17/h3-5,11,16H,6-9H2,1-2H3/t11-/m1/s1. The summed E-state index contributed by atoms with van der Waals surface area (Å²) in [7, 11) is 3.18. The molecule has 0 unspecified atom stereocenters. The molecule has 5 nitrogen and oxygen atoms in total. The molecule has 0 aromatic heterocycles. The molecule has 1 N–H and O–H groups in total. The quantitative estimate of drug-likeness (QED) is 0.864. The molecule has 104 valence electrons. The number of nitrogens with zero attached hydrogens (tertiary/aromatic N) is 1. The van der Waals surface area contributed by atoms with E-state index in [-0.39, 0.29) is 18.4 Å². The van der Waals surface area contributed by atoms with Gasteiger partial charge in [0.1, 0.15) is 0 Å². The second-order valence-corrected chi connectivity index (χ2v) is 4.72. The van der Waals surface area contributed by atoms with Crippen molar-refractivity contribution < 1.29 is 19.4 Å². The van der Waals surface area contributed by atoms with Gasteiger partial charge in [0.2, 0.25) is 5.91 Å². The second-order valence-electron chi connectivity index (χ2n) is 4.72. The Morgan fingerprint density at radius 3 is 2.63 bits per heavy atom. The van der Waals surface area contributed by atoms with Crippen molar-refractivity contribution in [2.24, 2.45) is 5.92 Å². The zero-order chi connectivity index (χ0) is 13.8. The predicted molar refractivity (Wildman–Crippen MR) is 70.2 cm³/mol. The molecule has 0 bridgehead atoms. The van der Waals surface area contributed by atoms with E-state index in [2.05, 4.69) is 0 Å². The van der Waals surface area contributed by atoms with Crippen LogP contribution in [0.25, 0.3) is 0 Å². The van der Waals surface area contributed by atoms with Crippen LogP contribution in [0.15, 0.2) is 18.2 Å². The van der Waals surface area contributed by atoms with E-state index >= 15 is 0 Å². The summed E-state index contributed by atoms with van der Waals surface area (Å²) in [5, 5.41) is 9.10. The van der Waals surface area contributed by atoms with Gasteiger partial charge in [0.15, 0.2) is 11.5 Å². The summed E-state index contributed by atoms with van der Waals surface area (Å²) in [5.41, 5.74) is 0.990. The van der Waals surface area contributed by atoms with Gasteiger partial charge in [-0.1, -0.05) is 6.07 Å². The third kappa shape index (κ3) is 2.98. The Morgan fingerprint density at radius 2 is 2.05 bits per heavy atom. The lowest BCUT2D eigenvalue weighted by molar-refractivity contribution is -0.128. The van der Waals surface area contributed by atoms with Crippen LogP contribution >= 0.6 is 0 Å². The van der Waals surface area contributed by atoms with Gasteiger partial charge in [-0.05, 0) is 17.7 Å². The number of ether oxygens (including phenoxy) is 2. The summed E-state index contributed by atoms with van der Waals surface area (Å²) < 4.78 is 10.4. The van der Waals surface area contributed by atoms with Gasteiger partial charge in [0, 0.05) is 32.0 Å². The first-order valence-electron chi connectivity index (χ1n) is 6.27. The minimum atomic E-state index is 0.0626. The molecule has 1 aliphatic rings. The van der Waals surface area contributed by atoms with E-state index in [9.17, 15) is 4.79 Å². The zero-order valence-electron chi connectivity index (χ0n) is 11.3. The Morgan fingerprint density at radius 1 is 1.32 bits per heavy atom. The molecule has 0 saturated carbocycles. The van der Waals surface area contributed by atoms with E-state index in [1.807, 2.05) is 18.2 Å². The van der Waals surface area contributed by atoms with Crippen LogP contribution in [0.3, 0.4) is 0 Å². The number of aliphatic hydroxyl groups excluding tert-OH is 1. The van der Waals surface area contributed by atoms with Gasteiger partial charge in [-0.2, -0.15) is 0 Å². The van der Waals surface area contributed by atoms with Crippen molar-refractivity contribution in [2.45, 2.75) is 13.0 Å². The Bertz CT molecular complexity index is 461. The van der Waals surface area contributed by atoms with E-state index < -0.39 is 0 Å². The number of benzene rings is 1. The lowest BCUT2D eigenvalue weighted by Crippen LogP contribution is -2.24. The number of carbonyl (C=O) groups excluding carboxylic acids is 1. The molecule has 19 heavy (non-hydrogen) atoms. The Kier molecular flexibility index (Phi) is 4.27. The fraction of sp³-hybridized carbons (Fsp3) is 0.500. The summed E-state index contributed by atoms with van der Waals surface area (Å²) in [6, 6.07) is 5.62. The molecule has 1 aromatic carbocycles. The van der Waals surface area contributed by atoms with Crippen LogP contribution in [0.1, 0.15) is 12.0 Å². The highest BCUT2D eigenvalue weighted by atomic mass is 16.5. The fourth-order valence-electron chi connectivity index (χ4n) is 2.33. The van der Waals surface area contributed by atoms with E-state index in [4.69, 9.17) is 14.6 Å². The van der Waals surface area contributed by atoms with Crippen LogP contribution in [-0.4, -0.2) is 43.3 Å². The van der Waals surface area contributed by atoms with Crippen molar-refractivity contribution in [2.75, 3.05) is 27.4 Å². The number of likely N-dealkylation sites (tertiary alicyclic amines) is 1. The minimum Gasteiger partial charge on any atom is -0.493 e. The SMILES string of the molecule is COc1ccc(CN2C[C@H](CO)CC2=O)cc1OC. The summed E-state index contributed by atoms with van der Waals surface area (Å²) in [6.45, 7) is 1.22. The number of amides is 1. The molecule has 5 heteroatoms. The highest BCUT2D eigenvalue weighted by Crippen LogP contribution is 2.29. The molecular formula is C14H19NO4. The van der Waals surface area contributed by atoms with E-state index in [1.54, 1.807) is 19.1 Å². The third-order valence-corrected chi connectivity index (χ3v) is 3.37. The Balaban J connectivity index is 2.09. The monoisotopic (exact) mass is 265 g/mol. The highest BCUT2D eigenvalue weighted by Gasteiger charge is 2.28. The van der Waals surface area contributed by atoms with Crippen molar-refractivity contribution in [1.82, 2.24) is 4.90 Å². The molecule has 1 heterocycles. The minimum absolute atomic E-state index is 0.0626. The summed E-state index contributed by atoms with van der Waals surface area (Å²) in [4.78, 5) is 13.6. The van der Waals surface area contributed by atoms with Gasteiger partial charge in [0.05, 0.1) is 14.2 Å². The van der Waals surface area contributed by atoms with Crippen LogP contribution in [0, 0.1) is 5.92 Å². The Labute approximate surface area is 112 Å². The van der Waals surface area contributed by atoms with Crippen LogP contribution in [0.4, 0.5) is 0 Å². The van der Waals surface area contributed by atoms with Gasteiger partial charge in [0.25, 0.3) is 0 Å². The predicted octanol–water partition coefficient (Wildman–Crippen LogP) is 1.04. The van der Waals surface area contributed by atoms with Gasteiger partial charge >= 0.3 is 0 Å². The van der Waals surface area contributed by atoms with E-state index in [0.717, 1.165) is 5.56 Å². The average molecular weight is 265 g/mol. The zero-order valence-corrected chi connectivity index (χ0v) is 11.3. The molecule has 1 saturated heterocycles. The second kappa shape index (κ2) is 5.93. The van der Waals surface area contributed by atoms with Crippen molar-refractivity contribution in [3.63, 3.8) is 0 Å². The molecular weight excluding hydrogens is 246 g/mol. The molecule has 1 fully saturated rings. The lowest BCUT2D eigenvalue weighted by atomic mass is 10.1. The smallest absolute Gasteiger partial charge is 0.223 e. The maximum absolute atomic E-state index is 11.8. The van der Waals surface area contributed by atoms with Crippen LogP contribution in [-0.2, 0) is 11.3 Å². The van der Waals surface area contributed by atoms with E-state index in [1.165, 1.54) is 0 Å². The molecule has 0 aliphatic carbocycles.